The van der Waals surface area contributed by atoms with Gasteiger partial charge in [-0.1, -0.05) is 19.1 Å². The zero-order valence-electron chi connectivity index (χ0n) is 16.6. The fourth-order valence-electron chi connectivity index (χ4n) is 3.37. The molecule has 0 aromatic heterocycles. The summed E-state index contributed by atoms with van der Waals surface area (Å²) in [5.41, 5.74) is 0.430. The molecule has 0 spiro atoms. The molecule has 0 bridgehead atoms. The van der Waals surface area contributed by atoms with Crippen molar-refractivity contribution < 1.29 is 19.1 Å². The smallest absolute Gasteiger partial charge is 0.252 e. The quantitative estimate of drug-likeness (QED) is 0.665. The summed E-state index contributed by atoms with van der Waals surface area (Å²) in [5.74, 6) is 0.0830. The van der Waals surface area contributed by atoms with Crippen molar-refractivity contribution in [3.63, 3.8) is 0 Å². The summed E-state index contributed by atoms with van der Waals surface area (Å²) < 4.78 is 5.16. The second-order valence-electron chi connectivity index (χ2n) is 6.79. The summed E-state index contributed by atoms with van der Waals surface area (Å²) in [7, 11) is 1.54. The number of benzene rings is 1. The van der Waals surface area contributed by atoms with Crippen LogP contribution in [0.1, 0.15) is 36.5 Å². The Kier molecular flexibility index (Phi) is 8.04. The van der Waals surface area contributed by atoms with Crippen LogP contribution in [-0.4, -0.2) is 55.4 Å². The van der Waals surface area contributed by atoms with Crippen LogP contribution in [0.15, 0.2) is 36.9 Å². The minimum absolute atomic E-state index is 0.0414. The van der Waals surface area contributed by atoms with Crippen molar-refractivity contribution in [2.24, 2.45) is 5.92 Å². The molecule has 7 nitrogen and oxygen atoms in total. The topological polar surface area (TPSA) is 87.7 Å². The maximum Gasteiger partial charge on any atom is 0.252 e. The highest BCUT2D eigenvalue weighted by atomic mass is 16.5. The van der Waals surface area contributed by atoms with Crippen molar-refractivity contribution in [1.82, 2.24) is 15.5 Å². The summed E-state index contributed by atoms with van der Waals surface area (Å²) in [6, 6.07) is 6.13. The summed E-state index contributed by atoms with van der Waals surface area (Å²) in [5, 5.41) is 5.65. The highest BCUT2D eigenvalue weighted by Gasteiger charge is 2.33. The van der Waals surface area contributed by atoms with Gasteiger partial charge in [0.1, 0.15) is 11.8 Å². The number of carbonyl (C=O) groups is 3. The van der Waals surface area contributed by atoms with Gasteiger partial charge in [0.2, 0.25) is 11.8 Å². The number of carbonyl (C=O) groups excluding carboxylic acids is 3. The van der Waals surface area contributed by atoms with E-state index in [0.29, 0.717) is 50.2 Å². The maximum absolute atomic E-state index is 12.7. The molecule has 1 aliphatic heterocycles. The van der Waals surface area contributed by atoms with Crippen LogP contribution in [0.2, 0.25) is 0 Å². The van der Waals surface area contributed by atoms with Crippen LogP contribution in [0.4, 0.5) is 0 Å². The van der Waals surface area contributed by atoms with Gasteiger partial charge in [0.15, 0.2) is 0 Å². The van der Waals surface area contributed by atoms with Gasteiger partial charge < -0.3 is 20.3 Å². The van der Waals surface area contributed by atoms with Gasteiger partial charge in [-0.3, -0.25) is 14.4 Å². The van der Waals surface area contributed by atoms with Gasteiger partial charge in [0.05, 0.1) is 7.11 Å². The third-order valence-corrected chi connectivity index (χ3v) is 4.99. The molecule has 2 N–H and O–H groups in total. The molecule has 1 aromatic carbocycles. The number of amides is 3. The van der Waals surface area contributed by atoms with E-state index in [1.165, 1.54) is 7.11 Å². The van der Waals surface area contributed by atoms with Crippen molar-refractivity contribution in [3.8, 4) is 5.75 Å². The zero-order chi connectivity index (χ0) is 20.5. The van der Waals surface area contributed by atoms with E-state index in [9.17, 15) is 14.4 Å². The lowest BCUT2D eigenvalue weighted by Gasteiger charge is -2.35. The van der Waals surface area contributed by atoms with Crippen LogP contribution >= 0.6 is 0 Å². The largest absolute Gasteiger partial charge is 0.497 e. The SMILES string of the molecule is C=CCNC(=O)[C@H](NC(=O)c1cccc(OC)c1)C1CCN(C(=O)CC)CC1. The van der Waals surface area contributed by atoms with Gasteiger partial charge in [-0.05, 0) is 37.0 Å². The van der Waals surface area contributed by atoms with Gasteiger partial charge in [-0.15, -0.1) is 6.58 Å². The highest BCUT2D eigenvalue weighted by Crippen LogP contribution is 2.22. The normalized spacial score (nSPS) is 15.4. The summed E-state index contributed by atoms with van der Waals surface area (Å²) in [6.07, 6.45) is 3.40. The Balaban J connectivity index is 2.11. The monoisotopic (exact) mass is 387 g/mol. The summed E-state index contributed by atoms with van der Waals surface area (Å²) in [4.78, 5) is 39.1. The van der Waals surface area contributed by atoms with Crippen LogP contribution in [0.5, 0.6) is 5.75 Å². The summed E-state index contributed by atoms with van der Waals surface area (Å²) >= 11 is 0. The Morgan fingerprint density at radius 1 is 1.32 bits per heavy atom. The number of methoxy groups -OCH3 is 1. The molecular weight excluding hydrogens is 358 g/mol. The van der Waals surface area contributed by atoms with Gasteiger partial charge in [0.25, 0.3) is 5.91 Å². The predicted octanol–water partition coefficient (Wildman–Crippen LogP) is 1.74. The number of rotatable bonds is 8. The third kappa shape index (κ3) is 5.58. The molecule has 0 aliphatic carbocycles. The third-order valence-electron chi connectivity index (χ3n) is 4.99. The Morgan fingerprint density at radius 2 is 2.04 bits per heavy atom. The second kappa shape index (κ2) is 10.5. The van der Waals surface area contributed by atoms with E-state index >= 15 is 0 Å². The van der Waals surface area contributed by atoms with Crippen LogP contribution in [0.25, 0.3) is 0 Å². The van der Waals surface area contributed by atoms with Crippen molar-refractivity contribution in [2.75, 3.05) is 26.7 Å². The molecule has 0 saturated carbocycles. The fourth-order valence-corrected chi connectivity index (χ4v) is 3.37. The van der Waals surface area contributed by atoms with Crippen molar-refractivity contribution in [2.45, 2.75) is 32.2 Å². The molecule has 1 saturated heterocycles. The minimum Gasteiger partial charge on any atom is -0.497 e. The van der Waals surface area contributed by atoms with E-state index in [1.807, 2.05) is 11.8 Å². The van der Waals surface area contributed by atoms with Crippen molar-refractivity contribution in [1.29, 1.82) is 0 Å². The van der Waals surface area contributed by atoms with E-state index in [4.69, 9.17) is 4.74 Å². The molecule has 1 heterocycles. The highest BCUT2D eigenvalue weighted by molar-refractivity contribution is 5.98. The lowest BCUT2D eigenvalue weighted by atomic mass is 9.88. The Morgan fingerprint density at radius 3 is 2.64 bits per heavy atom. The van der Waals surface area contributed by atoms with Gasteiger partial charge >= 0.3 is 0 Å². The molecule has 1 fully saturated rings. The predicted molar refractivity (Wildman–Crippen MR) is 107 cm³/mol. The molecule has 0 radical (unpaired) electrons. The number of hydrogen-bond donors (Lipinski definition) is 2. The van der Waals surface area contributed by atoms with E-state index in [2.05, 4.69) is 17.2 Å². The van der Waals surface area contributed by atoms with Crippen molar-refractivity contribution in [3.05, 3.63) is 42.5 Å². The molecule has 28 heavy (non-hydrogen) atoms. The molecule has 1 atom stereocenters. The Hall–Kier alpha value is -2.83. The molecule has 1 aromatic rings. The number of nitrogens with one attached hydrogen (secondary N) is 2. The minimum atomic E-state index is -0.669. The number of likely N-dealkylation sites (tertiary alicyclic amines) is 1. The maximum atomic E-state index is 12.7. The Bertz CT molecular complexity index is 711. The molecule has 1 aliphatic rings. The first-order chi connectivity index (χ1) is 13.5. The fraction of sp³-hybridized carbons (Fsp3) is 0.476. The van der Waals surface area contributed by atoms with Gasteiger partial charge in [-0.2, -0.15) is 0 Å². The van der Waals surface area contributed by atoms with E-state index < -0.39 is 6.04 Å². The van der Waals surface area contributed by atoms with E-state index in [1.54, 1.807) is 30.3 Å². The zero-order valence-corrected chi connectivity index (χ0v) is 16.6. The van der Waals surface area contributed by atoms with Gasteiger partial charge in [0, 0.05) is 31.6 Å². The average Bonchev–Trinajstić information content (AvgIpc) is 2.75. The van der Waals surface area contributed by atoms with Crippen LogP contribution in [-0.2, 0) is 9.59 Å². The number of ether oxygens (including phenoxy) is 1. The van der Waals surface area contributed by atoms with Crippen LogP contribution in [0, 0.1) is 5.92 Å². The molecule has 7 heteroatoms. The average molecular weight is 387 g/mol. The summed E-state index contributed by atoms with van der Waals surface area (Å²) in [6.45, 7) is 6.97. The molecular formula is C21H29N3O4. The molecule has 152 valence electrons. The lowest BCUT2D eigenvalue weighted by molar-refractivity contribution is -0.132. The Labute approximate surface area is 166 Å². The molecule has 3 amide bonds. The molecule has 2 rings (SSSR count). The van der Waals surface area contributed by atoms with Crippen LogP contribution in [0.3, 0.4) is 0 Å². The molecule has 0 unspecified atom stereocenters. The van der Waals surface area contributed by atoms with Crippen LogP contribution < -0.4 is 15.4 Å². The van der Waals surface area contributed by atoms with E-state index in [0.717, 1.165) is 0 Å². The first-order valence-electron chi connectivity index (χ1n) is 9.61. The number of piperidine rings is 1. The first-order valence-corrected chi connectivity index (χ1v) is 9.61. The van der Waals surface area contributed by atoms with Crippen molar-refractivity contribution >= 4 is 17.7 Å². The number of nitrogens with zero attached hydrogens (tertiary/aromatic N) is 1. The first kappa shape index (κ1) is 21.5. The lowest BCUT2D eigenvalue weighted by Crippen LogP contribution is -2.53. The van der Waals surface area contributed by atoms with Gasteiger partial charge in [-0.25, -0.2) is 0 Å². The van der Waals surface area contributed by atoms with E-state index in [-0.39, 0.29) is 23.6 Å². The second-order valence-corrected chi connectivity index (χ2v) is 6.79. The standard InChI is InChI=1S/C21H29N3O4/c1-4-11-22-21(27)19(15-9-12-24(13-10-15)18(25)5-2)23-20(26)16-7-6-8-17(14-16)28-3/h4,6-8,14-15,19H,1,5,9-13H2,2-3H3,(H,22,27)(H,23,26)/t19-/m1/s1. The number of hydrogen-bond acceptors (Lipinski definition) is 4.